The van der Waals surface area contributed by atoms with Gasteiger partial charge in [-0.05, 0) is 47.7 Å². The van der Waals surface area contributed by atoms with E-state index in [4.69, 9.17) is 4.74 Å². The number of hydrogen-bond donors (Lipinski definition) is 0. The summed E-state index contributed by atoms with van der Waals surface area (Å²) in [6.45, 7) is 0. The van der Waals surface area contributed by atoms with Crippen molar-refractivity contribution in [3.05, 3.63) is 46.9 Å². The fourth-order valence-corrected chi connectivity index (χ4v) is 2.77. The SMILES string of the molecule is COc1ccc(-c2cc(Br)cc(SC)c2)cc1. The normalized spacial score (nSPS) is 10.3. The van der Waals surface area contributed by atoms with Crippen LogP contribution in [0.25, 0.3) is 11.1 Å². The Hall–Kier alpha value is -0.930. The smallest absolute Gasteiger partial charge is 0.118 e. The summed E-state index contributed by atoms with van der Waals surface area (Å²) in [5, 5.41) is 0. The first kappa shape index (κ1) is 12.5. The van der Waals surface area contributed by atoms with E-state index in [2.05, 4.69) is 52.5 Å². The minimum Gasteiger partial charge on any atom is -0.497 e. The number of rotatable bonds is 3. The fourth-order valence-electron chi connectivity index (χ4n) is 1.63. The predicted molar refractivity (Wildman–Crippen MR) is 77.9 cm³/mol. The fraction of sp³-hybridized carbons (Fsp3) is 0.143. The predicted octanol–water partition coefficient (Wildman–Crippen LogP) is 4.85. The maximum absolute atomic E-state index is 5.16. The third-order valence-corrected chi connectivity index (χ3v) is 3.70. The van der Waals surface area contributed by atoms with Crippen molar-refractivity contribution in [2.75, 3.05) is 13.4 Å². The molecule has 2 aromatic rings. The van der Waals surface area contributed by atoms with E-state index in [-0.39, 0.29) is 0 Å². The lowest BCUT2D eigenvalue weighted by Gasteiger charge is -2.06. The molecule has 2 rings (SSSR count). The highest BCUT2D eigenvalue weighted by atomic mass is 79.9. The summed E-state index contributed by atoms with van der Waals surface area (Å²) < 4.78 is 6.27. The minimum absolute atomic E-state index is 0.883. The van der Waals surface area contributed by atoms with E-state index in [0.717, 1.165) is 10.2 Å². The lowest BCUT2D eigenvalue weighted by Crippen LogP contribution is -1.83. The van der Waals surface area contributed by atoms with E-state index in [1.54, 1.807) is 18.9 Å². The van der Waals surface area contributed by atoms with E-state index >= 15 is 0 Å². The van der Waals surface area contributed by atoms with Crippen LogP contribution in [0.15, 0.2) is 51.8 Å². The van der Waals surface area contributed by atoms with Gasteiger partial charge in [-0.25, -0.2) is 0 Å². The van der Waals surface area contributed by atoms with Crippen LogP contribution >= 0.6 is 27.7 Å². The highest BCUT2D eigenvalue weighted by Gasteiger charge is 2.02. The Morgan fingerprint density at radius 1 is 1.00 bits per heavy atom. The molecule has 0 saturated carbocycles. The van der Waals surface area contributed by atoms with Crippen LogP contribution in [0.4, 0.5) is 0 Å². The Labute approximate surface area is 114 Å². The van der Waals surface area contributed by atoms with Gasteiger partial charge in [0, 0.05) is 9.37 Å². The molecule has 0 unspecified atom stereocenters. The van der Waals surface area contributed by atoms with Gasteiger partial charge in [0.15, 0.2) is 0 Å². The molecule has 1 nitrogen and oxygen atoms in total. The van der Waals surface area contributed by atoms with Gasteiger partial charge in [-0.2, -0.15) is 0 Å². The second-order valence-corrected chi connectivity index (χ2v) is 5.40. The van der Waals surface area contributed by atoms with Crippen molar-refractivity contribution < 1.29 is 4.74 Å². The molecule has 3 heteroatoms. The maximum atomic E-state index is 5.16. The Bertz CT molecular complexity index is 508. The van der Waals surface area contributed by atoms with Gasteiger partial charge in [-0.3, -0.25) is 0 Å². The highest BCUT2D eigenvalue weighted by Crippen LogP contribution is 2.29. The number of methoxy groups -OCH3 is 1. The van der Waals surface area contributed by atoms with E-state index < -0.39 is 0 Å². The molecule has 0 aliphatic rings. The Balaban J connectivity index is 2.41. The Morgan fingerprint density at radius 2 is 1.71 bits per heavy atom. The summed E-state index contributed by atoms with van der Waals surface area (Å²) >= 11 is 5.29. The molecule has 88 valence electrons. The quantitative estimate of drug-likeness (QED) is 0.750. The summed E-state index contributed by atoms with van der Waals surface area (Å²) in [4.78, 5) is 1.25. The number of halogens is 1. The first-order valence-corrected chi connectivity index (χ1v) is 7.23. The molecule has 0 N–H and O–H groups in total. The zero-order valence-electron chi connectivity index (χ0n) is 9.74. The van der Waals surface area contributed by atoms with Crippen molar-refractivity contribution >= 4 is 27.7 Å². The number of hydrogen-bond acceptors (Lipinski definition) is 2. The van der Waals surface area contributed by atoms with Gasteiger partial charge in [0.2, 0.25) is 0 Å². The monoisotopic (exact) mass is 308 g/mol. The molecular formula is C14H13BrOS. The third kappa shape index (κ3) is 3.05. The van der Waals surface area contributed by atoms with Crippen LogP contribution in [0.5, 0.6) is 5.75 Å². The molecule has 0 atom stereocenters. The molecular weight excluding hydrogens is 296 g/mol. The molecule has 0 heterocycles. The summed E-state index contributed by atoms with van der Waals surface area (Å²) in [6.07, 6.45) is 2.08. The summed E-state index contributed by atoms with van der Waals surface area (Å²) in [5.74, 6) is 0.883. The van der Waals surface area contributed by atoms with Crippen molar-refractivity contribution in [2.45, 2.75) is 4.90 Å². The second kappa shape index (κ2) is 5.61. The summed E-state index contributed by atoms with van der Waals surface area (Å²) in [6, 6.07) is 14.6. The molecule has 0 fully saturated rings. The zero-order chi connectivity index (χ0) is 12.3. The van der Waals surface area contributed by atoms with Gasteiger partial charge in [0.05, 0.1) is 7.11 Å². The molecule has 0 aliphatic carbocycles. The molecule has 0 aromatic heterocycles. The van der Waals surface area contributed by atoms with Gasteiger partial charge in [0.1, 0.15) is 5.75 Å². The first-order valence-electron chi connectivity index (χ1n) is 5.22. The average Bonchev–Trinajstić information content (AvgIpc) is 2.38. The number of ether oxygens (including phenoxy) is 1. The Morgan fingerprint density at radius 3 is 2.29 bits per heavy atom. The molecule has 0 bridgehead atoms. The zero-order valence-corrected chi connectivity index (χ0v) is 12.1. The van der Waals surface area contributed by atoms with Crippen molar-refractivity contribution in [3.8, 4) is 16.9 Å². The molecule has 0 amide bonds. The van der Waals surface area contributed by atoms with Gasteiger partial charge >= 0.3 is 0 Å². The van der Waals surface area contributed by atoms with Crippen LogP contribution in [-0.2, 0) is 0 Å². The van der Waals surface area contributed by atoms with Gasteiger partial charge < -0.3 is 4.74 Å². The second-order valence-electron chi connectivity index (χ2n) is 3.61. The standard InChI is InChI=1S/C14H13BrOS/c1-16-13-5-3-10(4-6-13)11-7-12(15)9-14(8-11)17-2/h3-9H,1-2H3. The highest BCUT2D eigenvalue weighted by molar-refractivity contribution is 9.10. The molecule has 0 spiro atoms. The van der Waals surface area contributed by atoms with Crippen LogP contribution in [-0.4, -0.2) is 13.4 Å². The summed E-state index contributed by atoms with van der Waals surface area (Å²) in [7, 11) is 1.68. The van der Waals surface area contributed by atoms with Crippen LogP contribution in [0, 0.1) is 0 Å². The maximum Gasteiger partial charge on any atom is 0.118 e. The Kier molecular flexibility index (Phi) is 4.13. The van der Waals surface area contributed by atoms with Crippen molar-refractivity contribution in [1.82, 2.24) is 0 Å². The van der Waals surface area contributed by atoms with E-state index in [1.165, 1.54) is 16.0 Å². The van der Waals surface area contributed by atoms with Crippen LogP contribution in [0.2, 0.25) is 0 Å². The first-order chi connectivity index (χ1) is 8.22. The molecule has 17 heavy (non-hydrogen) atoms. The van der Waals surface area contributed by atoms with Gasteiger partial charge in [0.25, 0.3) is 0 Å². The van der Waals surface area contributed by atoms with E-state index in [9.17, 15) is 0 Å². The minimum atomic E-state index is 0.883. The average molecular weight is 309 g/mol. The number of benzene rings is 2. The van der Waals surface area contributed by atoms with Crippen LogP contribution in [0.1, 0.15) is 0 Å². The number of thioether (sulfide) groups is 1. The molecule has 0 aliphatic heterocycles. The van der Waals surface area contributed by atoms with Gasteiger partial charge in [-0.15, -0.1) is 11.8 Å². The third-order valence-electron chi connectivity index (χ3n) is 2.53. The van der Waals surface area contributed by atoms with Crippen molar-refractivity contribution in [3.63, 3.8) is 0 Å². The van der Waals surface area contributed by atoms with Crippen LogP contribution in [0.3, 0.4) is 0 Å². The molecule has 2 aromatic carbocycles. The largest absolute Gasteiger partial charge is 0.497 e. The molecule has 0 radical (unpaired) electrons. The van der Waals surface area contributed by atoms with Crippen molar-refractivity contribution in [1.29, 1.82) is 0 Å². The van der Waals surface area contributed by atoms with Crippen LogP contribution < -0.4 is 4.74 Å². The van der Waals surface area contributed by atoms with E-state index in [1.807, 2.05) is 12.1 Å². The topological polar surface area (TPSA) is 9.23 Å². The summed E-state index contributed by atoms with van der Waals surface area (Å²) in [5.41, 5.74) is 2.41. The lowest BCUT2D eigenvalue weighted by molar-refractivity contribution is 0.415. The lowest BCUT2D eigenvalue weighted by atomic mass is 10.1. The molecule has 0 saturated heterocycles. The van der Waals surface area contributed by atoms with Gasteiger partial charge in [-0.1, -0.05) is 28.1 Å². The van der Waals surface area contributed by atoms with E-state index in [0.29, 0.717) is 0 Å². The van der Waals surface area contributed by atoms with Crippen molar-refractivity contribution in [2.24, 2.45) is 0 Å².